The SMILES string of the molecule is COc1nc(-c2ccc(F)c(-c3cccc(NC(=O)c4ccnn(C)c4=O)c3Cl)c2Cl)cc2c1C(N1CC3(CN(C(C)=O)C3)C1)CC2. The quantitative estimate of drug-likeness (QED) is 0.293. The fourth-order valence-electron chi connectivity index (χ4n) is 7.15. The number of amides is 2. The van der Waals surface area contributed by atoms with E-state index >= 15 is 4.39 Å². The van der Waals surface area contributed by atoms with Crippen LogP contribution < -0.4 is 15.6 Å². The van der Waals surface area contributed by atoms with Gasteiger partial charge in [0.25, 0.3) is 11.5 Å². The van der Waals surface area contributed by atoms with Gasteiger partial charge in [-0.3, -0.25) is 19.3 Å². The molecule has 7 rings (SSSR count). The molecule has 4 heterocycles. The Morgan fingerprint density at radius 3 is 2.55 bits per heavy atom. The van der Waals surface area contributed by atoms with Gasteiger partial charge in [0.1, 0.15) is 11.4 Å². The number of methoxy groups -OCH3 is 1. The number of benzene rings is 2. The zero-order valence-corrected chi connectivity index (χ0v) is 27.5. The van der Waals surface area contributed by atoms with E-state index < -0.39 is 17.3 Å². The molecule has 2 saturated heterocycles. The Kier molecular flexibility index (Phi) is 7.81. The lowest BCUT2D eigenvalue weighted by Gasteiger charge is -2.61. The molecule has 2 fully saturated rings. The van der Waals surface area contributed by atoms with E-state index in [1.807, 2.05) is 11.0 Å². The zero-order chi connectivity index (χ0) is 33.2. The van der Waals surface area contributed by atoms with Crippen molar-refractivity contribution in [3.63, 3.8) is 0 Å². The van der Waals surface area contributed by atoms with E-state index in [2.05, 4.69) is 15.3 Å². The summed E-state index contributed by atoms with van der Waals surface area (Å²) in [6.45, 7) is 5.09. The Labute approximate surface area is 280 Å². The average molecular weight is 678 g/mol. The first kappa shape index (κ1) is 31.3. The van der Waals surface area contributed by atoms with Crippen molar-refractivity contribution in [2.24, 2.45) is 12.5 Å². The zero-order valence-electron chi connectivity index (χ0n) is 25.9. The van der Waals surface area contributed by atoms with Gasteiger partial charge in [-0.1, -0.05) is 35.3 Å². The molecule has 0 saturated carbocycles. The molecule has 0 radical (unpaired) electrons. The van der Waals surface area contributed by atoms with Crippen molar-refractivity contribution in [2.45, 2.75) is 25.8 Å². The molecule has 242 valence electrons. The van der Waals surface area contributed by atoms with E-state index in [0.717, 1.165) is 54.8 Å². The maximum Gasteiger partial charge on any atom is 0.279 e. The van der Waals surface area contributed by atoms with Crippen molar-refractivity contribution < 1.29 is 18.7 Å². The second kappa shape index (κ2) is 11.7. The molecule has 1 spiro atoms. The fraction of sp³-hybridized carbons (Fsp3) is 0.324. The number of halogens is 3. The molecule has 3 aliphatic rings. The lowest BCUT2D eigenvalue weighted by Crippen LogP contribution is -2.72. The molecule has 47 heavy (non-hydrogen) atoms. The number of aryl methyl sites for hydroxylation is 2. The Balaban J connectivity index is 1.18. The first-order valence-corrected chi connectivity index (χ1v) is 15.9. The minimum Gasteiger partial charge on any atom is -0.481 e. The molecule has 1 aliphatic carbocycles. The number of carbonyl (C=O) groups excluding carboxylic acids is 2. The van der Waals surface area contributed by atoms with Gasteiger partial charge >= 0.3 is 0 Å². The minimum atomic E-state index is -0.681. The summed E-state index contributed by atoms with van der Waals surface area (Å²) >= 11 is 13.7. The number of fused-ring (bicyclic) bond motifs is 1. The normalized spacial score (nSPS) is 18.0. The largest absolute Gasteiger partial charge is 0.481 e. The predicted molar refractivity (Wildman–Crippen MR) is 176 cm³/mol. The third-order valence-electron chi connectivity index (χ3n) is 9.47. The number of rotatable bonds is 6. The Bertz CT molecular complexity index is 2020. The number of nitrogens with one attached hydrogen (secondary N) is 1. The fourth-order valence-corrected chi connectivity index (χ4v) is 7.77. The van der Waals surface area contributed by atoms with Crippen molar-refractivity contribution in [3.05, 3.63) is 91.6 Å². The highest BCUT2D eigenvalue weighted by Crippen LogP contribution is 2.50. The molecule has 2 aliphatic heterocycles. The predicted octanol–water partition coefficient (Wildman–Crippen LogP) is 5.37. The molecule has 2 aromatic heterocycles. The van der Waals surface area contributed by atoms with Gasteiger partial charge in [0.05, 0.1) is 28.5 Å². The van der Waals surface area contributed by atoms with Crippen molar-refractivity contribution >= 4 is 40.7 Å². The number of aromatic nitrogens is 3. The summed E-state index contributed by atoms with van der Waals surface area (Å²) in [5.41, 5.74) is 3.18. The number of pyridine rings is 1. The Morgan fingerprint density at radius 2 is 1.83 bits per heavy atom. The van der Waals surface area contributed by atoms with Crippen LogP contribution in [0.5, 0.6) is 5.88 Å². The van der Waals surface area contributed by atoms with Gasteiger partial charge < -0.3 is 15.0 Å². The van der Waals surface area contributed by atoms with Crippen LogP contribution in [-0.2, 0) is 18.3 Å². The summed E-state index contributed by atoms with van der Waals surface area (Å²) in [7, 11) is 3.03. The number of likely N-dealkylation sites (tertiary alicyclic amines) is 2. The first-order chi connectivity index (χ1) is 22.5. The van der Waals surface area contributed by atoms with E-state index in [1.54, 1.807) is 38.3 Å². The van der Waals surface area contributed by atoms with E-state index in [-0.39, 0.29) is 49.8 Å². The summed E-state index contributed by atoms with van der Waals surface area (Å²) in [5.74, 6) is -0.658. The summed E-state index contributed by atoms with van der Waals surface area (Å²) in [5, 5.41) is 6.64. The summed E-state index contributed by atoms with van der Waals surface area (Å²) in [4.78, 5) is 46.2. The van der Waals surface area contributed by atoms with Gasteiger partial charge in [-0.25, -0.2) is 14.1 Å². The summed E-state index contributed by atoms with van der Waals surface area (Å²) in [6, 6.07) is 11.1. The van der Waals surface area contributed by atoms with Gasteiger partial charge in [-0.2, -0.15) is 5.10 Å². The number of nitrogens with zero attached hydrogens (tertiary/aromatic N) is 5. The number of anilines is 1. The molecule has 1 atom stereocenters. The lowest BCUT2D eigenvalue weighted by atomic mass is 9.72. The lowest BCUT2D eigenvalue weighted by molar-refractivity contribution is -0.161. The maximum atomic E-state index is 15.5. The monoisotopic (exact) mass is 676 g/mol. The molecule has 1 unspecified atom stereocenters. The molecule has 2 aromatic carbocycles. The first-order valence-electron chi connectivity index (χ1n) is 15.2. The molecular weight excluding hydrogens is 646 g/mol. The van der Waals surface area contributed by atoms with Gasteiger partial charge in [0.2, 0.25) is 11.8 Å². The Hall–Kier alpha value is -4.32. The topological polar surface area (TPSA) is 110 Å². The van der Waals surface area contributed by atoms with Crippen LogP contribution in [0.1, 0.15) is 40.9 Å². The Morgan fingerprint density at radius 1 is 1.06 bits per heavy atom. The van der Waals surface area contributed by atoms with Crippen LogP contribution in [-0.4, -0.2) is 69.7 Å². The average Bonchev–Trinajstić information content (AvgIpc) is 3.42. The van der Waals surface area contributed by atoms with Crippen molar-refractivity contribution in [1.29, 1.82) is 0 Å². The van der Waals surface area contributed by atoms with Crippen molar-refractivity contribution in [3.8, 4) is 28.3 Å². The number of carbonyl (C=O) groups is 2. The standard InChI is InChI=1S/C34H31Cl2FN6O4/c1-18(44)42-14-34(15-42)16-43(17-34)26-10-7-19-13-25(40-32(47-3)27(19)26)20-8-9-23(37)28(30(20)36)21-5-4-6-24(29(21)35)39-31(45)22-11-12-38-41(2)33(22)46/h4-6,8-9,11-13,26H,7,10,14-17H2,1-3H3,(H,39,45). The van der Waals surface area contributed by atoms with Gasteiger partial charge in [-0.15, -0.1) is 0 Å². The molecule has 0 bridgehead atoms. The van der Waals surface area contributed by atoms with Gasteiger partial charge in [-0.05, 0) is 48.7 Å². The van der Waals surface area contributed by atoms with Crippen LogP contribution in [0.15, 0.2) is 53.5 Å². The van der Waals surface area contributed by atoms with Gasteiger partial charge in [0, 0.05) is 80.1 Å². The van der Waals surface area contributed by atoms with Crippen LogP contribution in [0.2, 0.25) is 10.0 Å². The molecular formula is C34H31Cl2FN6O4. The number of hydrogen-bond acceptors (Lipinski definition) is 7. The van der Waals surface area contributed by atoms with Crippen LogP contribution >= 0.6 is 23.2 Å². The van der Waals surface area contributed by atoms with E-state index in [9.17, 15) is 14.4 Å². The van der Waals surface area contributed by atoms with Crippen molar-refractivity contribution in [2.75, 3.05) is 38.6 Å². The highest BCUT2D eigenvalue weighted by Gasteiger charge is 2.55. The van der Waals surface area contributed by atoms with E-state index in [1.165, 1.54) is 25.4 Å². The molecule has 1 N–H and O–H groups in total. The number of ether oxygens (including phenoxy) is 1. The smallest absolute Gasteiger partial charge is 0.279 e. The van der Waals surface area contributed by atoms with Gasteiger partial charge in [0.15, 0.2) is 0 Å². The van der Waals surface area contributed by atoms with E-state index in [0.29, 0.717) is 17.1 Å². The van der Waals surface area contributed by atoms with Crippen LogP contribution in [0, 0.1) is 11.2 Å². The van der Waals surface area contributed by atoms with Crippen molar-refractivity contribution in [1.82, 2.24) is 24.6 Å². The van der Waals surface area contributed by atoms with E-state index in [4.69, 9.17) is 32.9 Å². The third-order valence-corrected chi connectivity index (χ3v) is 10.3. The maximum absolute atomic E-state index is 15.5. The van der Waals surface area contributed by atoms with Crippen LogP contribution in [0.25, 0.3) is 22.4 Å². The summed E-state index contributed by atoms with van der Waals surface area (Å²) < 4.78 is 22.4. The minimum absolute atomic E-state index is 0.0511. The number of hydrogen-bond donors (Lipinski definition) is 1. The van der Waals surface area contributed by atoms with Crippen LogP contribution in [0.4, 0.5) is 10.1 Å². The summed E-state index contributed by atoms with van der Waals surface area (Å²) in [6.07, 6.45) is 3.09. The second-order valence-corrected chi connectivity index (χ2v) is 13.3. The van der Waals surface area contributed by atoms with Crippen LogP contribution in [0.3, 0.4) is 0 Å². The third kappa shape index (κ3) is 5.26. The molecule has 2 amide bonds. The highest BCUT2D eigenvalue weighted by molar-refractivity contribution is 6.39. The molecule has 13 heteroatoms. The highest BCUT2D eigenvalue weighted by atomic mass is 35.5. The molecule has 10 nitrogen and oxygen atoms in total. The molecule has 4 aromatic rings. The second-order valence-electron chi connectivity index (χ2n) is 12.5.